The van der Waals surface area contributed by atoms with Gasteiger partial charge in [-0.2, -0.15) is 14.7 Å². The number of carbonyl (C=O) groups is 1. The lowest BCUT2D eigenvalue weighted by Crippen LogP contribution is -2.51. The van der Waals surface area contributed by atoms with Crippen molar-refractivity contribution in [3.05, 3.63) is 43.6 Å². The van der Waals surface area contributed by atoms with Crippen LogP contribution in [0.4, 0.5) is 0 Å². The average Bonchev–Trinajstić information content (AvgIpc) is 3.14. The van der Waals surface area contributed by atoms with Crippen molar-refractivity contribution in [2.75, 3.05) is 26.2 Å². The highest BCUT2D eigenvalue weighted by Crippen LogP contribution is 2.28. The summed E-state index contributed by atoms with van der Waals surface area (Å²) in [6, 6.07) is 4.85. The number of rotatable bonds is 4. The summed E-state index contributed by atoms with van der Waals surface area (Å²) in [7, 11) is -3.65. The van der Waals surface area contributed by atoms with E-state index in [-0.39, 0.29) is 48.4 Å². The summed E-state index contributed by atoms with van der Waals surface area (Å²) in [5, 5.41) is 13.3. The van der Waals surface area contributed by atoms with Gasteiger partial charge in [-0.1, -0.05) is 11.6 Å². The zero-order valence-electron chi connectivity index (χ0n) is 15.8. The molecule has 12 heteroatoms. The van der Waals surface area contributed by atoms with Gasteiger partial charge in [-0.25, -0.2) is 13.1 Å². The molecule has 0 N–H and O–H groups in total. The molecule has 0 atom stereocenters. The van der Waals surface area contributed by atoms with Gasteiger partial charge >= 0.3 is 0 Å². The molecule has 1 saturated heterocycles. The molecule has 29 heavy (non-hydrogen) atoms. The molecular weight excluding hydrogens is 438 g/mol. The third-order valence-corrected chi connectivity index (χ3v) is 8.36. The molecular formula is C17H18ClN5O4S2. The summed E-state index contributed by atoms with van der Waals surface area (Å²) in [4.78, 5) is 26.4. The summed E-state index contributed by atoms with van der Waals surface area (Å²) >= 11 is 6.82. The fourth-order valence-corrected chi connectivity index (χ4v) is 6.04. The molecule has 1 fully saturated rings. The first-order valence-electron chi connectivity index (χ1n) is 8.67. The van der Waals surface area contributed by atoms with Crippen LogP contribution in [0.1, 0.15) is 16.8 Å². The van der Waals surface area contributed by atoms with E-state index in [4.69, 9.17) is 11.6 Å². The Morgan fingerprint density at radius 3 is 2.48 bits per heavy atom. The maximum atomic E-state index is 12.6. The van der Waals surface area contributed by atoms with Gasteiger partial charge in [0.05, 0.1) is 10.0 Å². The quantitative estimate of drug-likeness (QED) is 0.678. The summed E-state index contributed by atoms with van der Waals surface area (Å²) < 4.78 is 28.1. The van der Waals surface area contributed by atoms with Gasteiger partial charge < -0.3 is 4.90 Å². The summed E-state index contributed by atoms with van der Waals surface area (Å²) in [5.74, 6) is -0.358. The van der Waals surface area contributed by atoms with Crippen molar-refractivity contribution in [3.8, 4) is 6.07 Å². The number of nitrogens with zero attached hydrogens (tertiary/aromatic N) is 5. The molecule has 3 heterocycles. The monoisotopic (exact) mass is 455 g/mol. The van der Waals surface area contributed by atoms with E-state index in [1.54, 1.807) is 13.8 Å². The van der Waals surface area contributed by atoms with Crippen LogP contribution in [0.15, 0.2) is 21.1 Å². The van der Waals surface area contributed by atoms with E-state index in [0.717, 1.165) is 16.0 Å². The van der Waals surface area contributed by atoms with E-state index < -0.39 is 15.6 Å². The lowest BCUT2D eigenvalue weighted by molar-refractivity contribution is -0.133. The van der Waals surface area contributed by atoms with Gasteiger partial charge in [0, 0.05) is 26.2 Å². The number of hydrogen-bond donors (Lipinski definition) is 0. The number of halogens is 1. The lowest BCUT2D eigenvalue weighted by Gasteiger charge is -2.33. The number of piperazine rings is 1. The van der Waals surface area contributed by atoms with Crippen LogP contribution in [0.5, 0.6) is 0 Å². The molecule has 2 aromatic rings. The predicted octanol–water partition coefficient (Wildman–Crippen LogP) is 0.980. The Hall–Kier alpha value is -2.26. The average molecular weight is 456 g/mol. The van der Waals surface area contributed by atoms with Crippen LogP contribution in [0.3, 0.4) is 0 Å². The number of aromatic nitrogens is 2. The molecule has 0 bridgehead atoms. The maximum Gasteiger partial charge on any atom is 0.285 e. The van der Waals surface area contributed by atoms with Crippen molar-refractivity contribution in [2.45, 2.75) is 24.6 Å². The zero-order chi connectivity index (χ0) is 21.3. The number of hydrogen-bond acceptors (Lipinski definition) is 7. The first kappa shape index (κ1) is 21.4. The highest BCUT2D eigenvalue weighted by molar-refractivity contribution is 7.91. The van der Waals surface area contributed by atoms with E-state index in [0.29, 0.717) is 15.6 Å². The fourth-order valence-electron chi connectivity index (χ4n) is 2.98. The van der Waals surface area contributed by atoms with Crippen LogP contribution in [0.2, 0.25) is 4.34 Å². The Morgan fingerprint density at radius 2 is 1.93 bits per heavy atom. The smallest absolute Gasteiger partial charge is 0.285 e. The first-order chi connectivity index (χ1) is 13.6. The van der Waals surface area contributed by atoms with E-state index in [9.17, 15) is 23.3 Å². The highest BCUT2D eigenvalue weighted by Gasteiger charge is 2.31. The van der Waals surface area contributed by atoms with Crippen molar-refractivity contribution in [1.29, 1.82) is 5.26 Å². The van der Waals surface area contributed by atoms with Crippen LogP contribution < -0.4 is 5.56 Å². The summed E-state index contributed by atoms with van der Waals surface area (Å²) in [5.41, 5.74) is 0.351. The Kier molecular flexibility index (Phi) is 6.09. The minimum absolute atomic E-state index is 0.0316. The van der Waals surface area contributed by atoms with Gasteiger partial charge in [0.1, 0.15) is 22.4 Å². The van der Waals surface area contributed by atoms with Crippen LogP contribution in [-0.4, -0.2) is 59.5 Å². The van der Waals surface area contributed by atoms with Gasteiger partial charge in [-0.05, 0) is 31.5 Å². The van der Waals surface area contributed by atoms with Gasteiger partial charge in [0.15, 0.2) is 0 Å². The van der Waals surface area contributed by atoms with Gasteiger partial charge in [0.2, 0.25) is 5.91 Å². The second kappa shape index (κ2) is 8.23. The van der Waals surface area contributed by atoms with Gasteiger partial charge in [-0.15, -0.1) is 11.3 Å². The van der Waals surface area contributed by atoms with E-state index >= 15 is 0 Å². The molecule has 0 radical (unpaired) electrons. The van der Waals surface area contributed by atoms with Crippen molar-refractivity contribution in [2.24, 2.45) is 0 Å². The van der Waals surface area contributed by atoms with Crippen LogP contribution >= 0.6 is 22.9 Å². The molecule has 0 unspecified atom stereocenters. The Labute approximate surface area is 176 Å². The SMILES string of the molecule is Cc1nn(CC(=O)N2CCN(S(=O)(=O)c3ccc(Cl)s3)CC2)c(=O)c(C#N)c1C. The molecule has 0 aliphatic carbocycles. The Bertz CT molecular complexity index is 1160. The number of sulfonamides is 1. The molecule has 154 valence electrons. The molecule has 0 spiro atoms. The number of nitriles is 1. The van der Waals surface area contributed by atoms with Crippen molar-refractivity contribution in [3.63, 3.8) is 0 Å². The minimum atomic E-state index is -3.65. The Morgan fingerprint density at radius 1 is 1.28 bits per heavy atom. The minimum Gasteiger partial charge on any atom is -0.338 e. The molecule has 0 saturated carbocycles. The first-order valence-corrected chi connectivity index (χ1v) is 11.3. The molecule has 1 aliphatic heterocycles. The molecule has 1 aliphatic rings. The standard InChI is InChI=1S/C17H18ClN5O4S2/c1-11-12(2)20-23(17(25)13(11)9-19)10-15(24)21-5-7-22(8-6-21)29(26,27)16-4-3-14(18)28-16/h3-4H,5-8,10H2,1-2H3. The third kappa shape index (κ3) is 4.20. The van der Waals surface area contributed by atoms with Crippen LogP contribution in [0.25, 0.3) is 0 Å². The number of aryl methyl sites for hydroxylation is 1. The van der Waals surface area contributed by atoms with E-state index in [1.165, 1.54) is 21.3 Å². The van der Waals surface area contributed by atoms with Crippen molar-refractivity contribution in [1.82, 2.24) is 19.0 Å². The summed E-state index contributed by atoms with van der Waals surface area (Å²) in [6.07, 6.45) is 0. The highest BCUT2D eigenvalue weighted by atomic mass is 35.5. The largest absolute Gasteiger partial charge is 0.338 e. The molecule has 9 nitrogen and oxygen atoms in total. The van der Waals surface area contributed by atoms with Gasteiger partial charge in [-0.3, -0.25) is 9.59 Å². The fraction of sp³-hybridized carbons (Fsp3) is 0.412. The van der Waals surface area contributed by atoms with Crippen LogP contribution in [0, 0.1) is 25.2 Å². The van der Waals surface area contributed by atoms with Gasteiger partial charge in [0.25, 0.3) is 15.6 Å². The number of amides is 1. The second-order valence-corrected chi connectivity index (χ2v) is 10.4. The van der Waals surface area contributed by atoms with Crippen molar-refractivity contribution < 1.29 is 13.2 Å². The molecule has 2 aromatic heterocycles. The maximum absolute atomic E-state index is 12.6. The predicted molar refractivity (Wildman–Crippen MR) is 107 cm³/mol. The Balaban J connectivity index is 1.69. The number of thiophene rings is 1. The molecule has 3 rings (SSSR count). The third-order valence-electron chi connectivity index (χ3n) is 4.77. The molecule has 0 aromatic carbocycles. The number of carbonyl (C=O) groups excluding carboxylic acids is 1. The summed E-state index contributed by atoms with van der Waals surface area (Å²) in [6.45, 7) is 3.67. The molecule has 1 amide bonds. The van der Waals surface area contributed by atoms with E-state index in [2.05, 4.69) is 5.10 Å². The van der Waals surface area contributed by atoms with Crippen molar-refractivity contribution >= 4 is 38.9 Å². The normalized spacial score (nSPS) is 15.3. The van der Waals surface area contributed by atoms with Crippen LogP contribution in [-0.2, 0) is 21.4 Å². The zero-order valence-corrected chi connectivity index (χ0v) is 18.1. The van der Waals surface area contributed by atoms with E-state index in [1.807, 2.05) is 6.07 Å². The second-order valence-electron chi connectivity index (χ2n) is 6.50. The lowest BCUT2D eigenvalue weighted by atomic mass is 10.1. The topological polar surface area (TPSA) is 116 Å².